The Morgan fingerprint density at radius 3 is 1.69 bits per heavy atom. The van der Waals surface area contributed by atoms with Crippen LogP contribution in [-0.2, 0) is 0 Å². The number of pyridine rings is 4. The van der Waals surface area contributed by atoms with Crippen molar-refractivity contribution in [1.29, 1.82) is 0 Å². The molecule has 0 aromatic carbocycles. The fourth-order valence-corrected chi connectivity index (χ4v) is 9.83. The molecule has 8 rings (SSSR count). The number of aromatic nitrogens is 12. The fraction of sp³-hybridized carbons (Fsp3) is 0.0476. The van der Waals surface area contributed by atoms with Crippen molar-refractivity contribution in [2.45, 2.75) is 6.92 Å². The monoisotopic (exact) mass is 1240 g/mol. The minimum absolute atomic E-state index is 0. The van der Waals surface area contributed by atoms with E-state index in [1.807, 2.05) is 0 Å². The largest absolute Gasteiger partial charge is 1.00 e. The van der Waals surface area contributed by atoms with Gasteiger partial charge in [0.1, 0.15) is 41.8 Å². The van der Waals surface area contributed by atoms with E-state index in [9.17, 15) is 15.6 Å². The van der Waals surface area contributed by atoms with E-state index in [-0.39, 0.29) is 18.9 Å². The van der Waals surface area contributed by atoms with Crippen LogP contribution < -0.4 is 33.1 Å². The number of nitrogens with zero attached hydrogens (tertiary/aromatic N) is 12. The maximum absolute atomic E-state index is 11.1. The summed E-state index contributed by atoms with van der Waals surface area (Å²) in [5.74, 6) is 0. The Morgan fingerprint density at radius 2 is 1.10 bits per heavy atom. The Kier molecular flexibility index (Phi) is 15.4. The third-order valence-electron chi connectivity index (χ3n) is 5.53. The van der Waals surface area contributed by atoms with Crippen LogP contribution in [-0.4, -0.2) is 50.4 Å². The maximum Gasteiger partial charge on any atom is 1.00 e. The first-order chi connectivity index (χ1) is 22.8. The van der Waals surface area contributed by atoms with Crippen molar-refractivity contribution in [2.75, 3.05) is 0 Å². The van der Waals surface area contributed by atoms with Crippen LogP contribution in [0.25, 0.3) is 44.1 Å². The molecule has 8 heterocycles. The molecule has 28 heteroatoms. The van der Waals surface area contributed by atoms with Gasteiger partial charge in [-0.05, 0) is 63.7 Å². The average molecular weight is 1250 g/mol. The van der Waals surface area contributed by atoms with Gasteiger partial charge in [0.2, 0.25) is 11.9 Å². The summed E-state index contributed by atoms with van der Waals surface area (Å²) in [7, 11) is 0. The number of hydrogen-bond donors (Lipinski definition) is 2. The first-order valence-electron chi connectivity index (χ1n) is 11.8. The quantitative estimate of drug-likeness (QED) is 0.0514. The SMILES string of the molecule is Brc1cnc(Br)c2nsnc12.Cc1c(Br)c2nsnc2c(Br)[n+]1O.O[n+]1cc(Br)c2nsnc2c1Br.[Li+].[O-][n+]1[c-]c(Br)c2nsnc2c1Br. The van der Waals surface area contributed by atoms with Gasteiger partial charge in [0, 0.05) is 64.4 Å². The van der Waals surface area contributed by atoms with E-state index < -0.39 is 0 Å². The summed E-state index contributed by atoms with van der Waals surface area (Å²) in [5.41, 5.74) is 6.38. The van der Waals surface area contributed by atoms with E-state index in [2.05, 4.69) is 174 Å². The van der Waals surface area contributed by atoms with Crippen LogP contribution in [0.2, 0.25) is 0 Å². The van der Waals surface area contributed by atoms with Crippen LogP contribution >= 0.6 is 174 Å². The van der Waals surface area contributed by atoms with Gasteiger partial charge in [-0.1, -0.05) is 31.9 Å². The molecule has 2 N–H and O–H groups in total. The third-order valence-corrected chi connectivity index (χ3v) is 13.0. The molecule has 0 fully saturated rings. The minimum Gasteiger partial charge on any atom is -0.640 e. The first-order valence-corrected chi connectivity index (χ1v) is 21.0. The number of rotatable bonds is 0. The van der Waals surface area contributed by atoms with Crippen LogP contribution in [0.1, 0.15) is 5.69 Å². The Hall–Kier alpha value is -0.283. The van der Waals surface area contributed by atoms with Crippen LogP contribution in [0, 0.1) is 18.3 Å². The van der Waals surface area contributed by atoms with Crippen molar-refractivity contribution >= 4 is 218 Å². The van der Waals surface area contributed by atoms with Crippen molar-refractivity contribution in [3.05, 3.63) is 65.8 Å². The molecule has 15 nitrogen and oxygen atoms in total. The topological polar surface area (TPSA) is 191 Å². The molecule has 0 bridgehead atoms. The second kappa shape index (κ2) is 18.2. The molecule has 0 unspecified atom stereocenters. The molecule has 0 spiro atoms. The maximum atomic E-state index is 11.1. The smallest absolute Gasteiger partial charge is 0.640 e. The summed E-state index contributed by atoms with van der Waals surface area (Å²) >= 11 is 30.4. The van der Waals surface area contributed by atoms with Crippen LogP contribution in [0.15, 0.2) is 48.7 Å². The minimum atomic E-state index is 0. The standard InChI is InChI=1S/C6H4Br2N3OS.C5H2Br2N3OS.C5Br2N3OS.C5HBr2N3S.Li/c1-2-3(7)4-5(10-13-9-4)6(8)11(2)12;2*6-2-1-10(11)5(7)4-3(2)8-12-9-4;6-2-1-8-5(7)4-3(2)9-11-10-4;/h12H,1H3;1,11H;;1H;/q2*+1;-1;;+1. The van der Waals surface area contributed by atoms with E-state index in [0.717, 1.165) is 84.7 Å². The predicted molar refractivity (Wildman–Crippen MR) is 206 cm³/mol. The van der Waals surface area contributed by atoms with Crippen molar-refractivity contribution in [3.8, 4) is 0 Å². The molecule has 8 aromatic rings. The molecule has 0 radical (unpaired) electrons. The Morgan fingerprint density at radius 1 is 0.633 bits per heavy atom. The van der Waals surface area contributed by atoms with Gasteiger partial charge in [0.15, 0.2) is 15.6 Å². The summed E-state index contributed by atoms with van der Waals surface area (Å²) in [4.78, 5) is 4.05. The normalized spacial score (nSPS) is 10.6. The van der Waals surface area contributed by atoms with Gasteiger partial charge in [-0.25, -0.2) is 9.36 Å². The summed E-state index contributed by atoms with van der Waals surface area (Å²) in [5, 5.41) is 29.9. The molecule has 0 saturated heterocycles. The molecule has 0 atom stereocenters. The molecule has 0 aliphatic rings. The summed E-state index contributed by atoms with van der Waals surface area (Å²) < 4.78 is 39.9. The number of halogens is 8. The van der Waals surface area contributed by atoms with Gasteiger partial charge < -0.3 is 5.21 Å². The zero-order valence-corrected chi connectivity index (χ0v) is 39.4. The molecular formula is C21H7Br8LiN12O3S4+2. The molecule has 0 aliphatic carbocycles. The third kappa shape index (κ3) is 9.09. The average Bonchev–Trinajstić information content (AvgIpc) is 3.90. The predicted octanol–water partition coefficient (Wildman–Crippen LogP) is 5.06. The Bertz CT molecular complexity index is 2290. The van der Waals surface area contributed by atoms with E-state index in [0.29, 0.717) is 50.8 Å². The molecule has 248 valence electrons. The Labute approximate surface area is 369 Å². The molecule has 8 aromatic heterocycles. The van der Waals surface area contributed by atoms with Gasteiger partial charge >= 0.3 is 28.1 Å². The Balaban J connectivity index is 0.000000146. The number of fused-ring (bicyclic) bond motifs is 4. The second-order valence-corrected chi connectivity index (χ2v) is 16.8. The van der Waals surface area contributed by atoms with Crippen molar-refractivity contribution in [1.82, 2.24) is 40.0 Å². The summed E-state index contributed by atoms with van der Waals surface area (Å²) in [6.07, 6.45) is 5.71. The fourth-order valence-electron chi connectivity index (χ4n) is 3.27. The van der Waals surface area contributed by atoms with Crippen LogP contribution in [0.5, 0.6) is 0 Å². The van der Waals surface area contributed by atoms with Crippen LogP contribution in [0.4, 0.5) is 0 Å². The molecule has 0 saturated carbocycles. The van der Waals surface area contributed by atoms with Gasteiger partial charge in [0.05, 0.1) is 56.9 Å². The van der Waals surface area contributed by atoms with E-state index in [1.165, 1.54) is 17.9 Å². The number of hydrogen-bond acceptors (Lipinski definition) is 16. The molecule has 0 aliphatic heterocycles. The van der Waals surface area contributed by atoms with Gasteiger partial charge in [-0.2, -0.15) is 30.6 Å². The van der Waals surface area contributed by atoms with Gasteiger partial charge in [-0.15, -0.1) is 0 Å². The molecular weight excluding hydrogens is 1240 g/mol. The van der Waals surface area contributed by atoms with Crippen molar-refractivity contribution in [3.63, 3.8) is 0 Å². The van der Waals surface area contributed by atoms with Crippen molar-refractivity contribution < 1.29 is 43.5 Å². The van der Waals surface area contributed by atoms with Gasteiger partial charge in [0.25, 0.3) is 0 Å². The zero-order chi connectivity index (χ0) is 34.9. The molecule has 0 amide bonds. The summed E-state index contributed by atoms with van der Waals surface area (Å²) in [6.45, 7) is 1.79. The molecule has 49 heavy (non-hydrogen) atoms. The van der Waals surface area contributed by atoms with Crippen LogP contribution in [0.3, 0.4) is 0 Å². The van der Waals surface area contributed by atoms with Gasteiger partial charge in [-0.3, -0.25) is 15.1 Å². The first kappa shape index (κ1) is 41.5. The zero-order valence-electron chi connectivity index (χ0n) is 23.5. The van der Waals surface area contributed by atoms with E-state index in [1.54, 1.807) is 13.1 Å². The van der Waals surface area contributed by atoms with E-state index in [4.69, 9.17) is 0 Å². The summed E-state index contributed by atoms with van der Waals surface area (Å²) in [6, 6.07) is 0. The van der Waals surface area contributed by atoms with E-state index >= 15 is 0 Å². The van der Waals surface area contributed by atoms with Crippen molar-refractivity contribution in [2.24, 2.45) is 0 Å². The second-order valence-electron chi connectivity index (χ2n) is 8.37.